The molecule has 0 N–H and O–H groups in total. The summed E-state index contributed by atoms with van der Waals surface area (Å²) in [6, 6.07) is 6.64. The van der Waals surface area contributed by atoms with Gasteiger partial charge in [0.25, 0.3) is 0 Å². The van der Waals surface area contributed by atoms with Crippen LogP contribution in [-0.2, 0) is 11.2 Å². The van der Waals surface area contributed by atoms with Gasteiger partial charge in [-0.3, -0.25) is 0 Å². The first-order valence-electron chi connectivity index (χ1n) is 10.3. The van der Waals surface area contributed by atoms with E-state index in [1.165, 1.54) is 43.2 Å². The van der Waals surface area contributed by atoms with E-state index in [0.29, 0.717) is 17.9 Å². The second kappa shape index (κ2) is 9.07. The molecule has 0 saturated heterocycles. The van der Waals surface area contributed by atoms with Gasteiger partial charge in [-0.2, -0.15) is 0 Å². The van der Waals surface area contributed by atoms with E-state index in [1.807, 2.05) is 13.8 Å². The SMILES string of the molecule is CCCC(CC(C)(C)C)C1CCCc2c(OC(C)OCC)cccc21. The normalized spacial score (nSPS) is 20.0. The van der Waals surface area contributed by atoms with E-state index in [0.717, 1.165) is 18.1 Å². The molecule has 0 aliphatic heterocycles. The highest BCUT2D eigenvalue weighted by Crippen LogP contribution is 2.45. The van der Waals surface area contributed by atoms with Crippen molar-refractivity contribution >= 4 is 0 Å². The summed E-state index contributed by atoms with van der Waals surface area (Å²) in [5.41, 5.74) is 3.35. The minimum atomic E-state index is -0.183. The van der Waals surface area contributed by atoms with E-state index in [2.05, 4.69) is 45.9 Å². The van der Waals surface area contributed by atoms with Crippen LogP contribution in [0.4, 0.5) is 0 Å². The van der Waals surface area contributed by atoms with Crippen LogP contribution in [0.1, 0.15) is 90.7 Å². The molecule has 142 valence electrons. The average Bonchev–Trinajstić information content (AvgIpc) is 2.53. The maximum Gasteiger partial charge on any atom is 0.196 e. The van der Waals surface area contributed by atoms with E-state index < -0.39 is 0 Å². The standard InChI is InChI=1S/C23H38O2/c1-7-11-18(16-23(4,5)6)19-12-9-14-21-20(19)13-10-15-22(21)25-17(3)24-8-2/h10,13,15,17-19H,7-9,11-12,14,16H2,1-6H3. The number of fused-ring (bicyclic) bond motifs is 1. The first-order valence-corrected chi connectivity index (χ1v) is 10.3. The molecule has 1 aromatic rings. The van der Waals surface area contributed by atoms with Crippen LogP contribution in [0.3, 0.4) is 0 Å². The van der Waals surface area contributed by atoms with Crippen molar-refractivity contribution in [2.75, 3.05) is 6.61 Å². The summed E-state index contributed by atoms with van der Waals surface area (Å²) >= 11 is 0. The zero-order valence-corrected chi connectivity index (χ0v) is 17.2. The second-order valence-corrected chi connectivity index (χ2v) is 8.78. The van der Waals surface area contributed by atoms with E-state index in [-0.39, 0.29) is 6.29 Å². The largest absolute Gasteiger partial charge is 0.465 e. The van der Waals surface area contributed by atoms with Crippen molar-refractivity contribution in [3.8, 4) is 5.75 Å². The van der Waals surface area contributed by atoms with Crippen molar-refractivity contribution < 1.29 is 9.47 Å². The molecule has 2 heteroatoms. The van der Waals surface area contributed by atoms with Gasteiger partial charge in [0.2, 0.25) is 0 Å². The Kier molecular flexibility index (Phi) is 7.37. The Bertz CT molecular complexity index is 529. The van der Waals surface area contributed by atoms with Gasteiger partial charge in [-0.25, -0.2) is 0 Å². The van der Waals surface area contributed by atoms with Gasteiger partial charge >= 0.3 is 0 Å². The lowest BCUT2D eigenvalue weighted by atomic mass is 9.69. The van der Waals surface area contributed by atoms with E-state index in [1.54, 1.807) is 0 Å². The van der Waals surface area contributed by atoms with Gasteiger partial charge < -0.3 is 9.47 Å². The molecule has 25 heavy (non-hydrogen) atoms. The maximum absolute atomic E-state index is 6.12. The Morgan fingerprint density at radius 2 is 1.96 bits per heavy atom. The third-order valence-electron chi connectivity index (χ3n) is 5.31. The Labute approximate surface area is 155 Å². The Morgan fingerprint density at radius 1 is 1.20 bits per heavy atom. The van der Waals surface area contributed by atoms with Crippen molar-refractivity contribution in [1.29, 1.82) is 0 Å². The first kappa shape index (κ1) is 20.3. The fraction of sp³-hybridized carbons (Fsp3) is 0.739. The third-order valence-corrected chi connectivity index (χ3v) is 5.31. The first-order chi connectivity index (χ1) is 11.9. The number of ether oxygens (including phenoxy) is 2. The zero-order valence-electron chi connectivity index (χ0n) is 17.2. The maximum atomic E-state index is 6.12. The molecule has 0 amide bonds. The lowest BCUT2D eigenvalue weighted by Gasteiger charge is -2.36. The smallest absolute Gasteiger partial charge is 0.196 e. The van der Waals surface area contributed by atoms with Crippen LogP contribution in [0, 0.1) is 11.3 Å². The molecule has 0 bridgehead atoms. The van der Waals surface area contributed by atoms with E-state index in [4.69, 9.17) is 9.47 Å². The average molecular weight is 347 g/mol. The lowest BCUT2D eigenvalue weighted by Crippen LogP contribution is -2.24. The summed E-state index contributed by atoms with van der Waals surface area (Å²) < 4.78 is 11.7. The zero-order chi connectivity index (χ0) is 18.4. The molecule has 1 aromatic carbocycles. The molecule has 0 fully saturated rings. The van der Waals surface area contributed by atoms with Gasteiger partial charge in [-0.1, -0.05) is 52.7 Å². The topological polar surface area (TPSA) is 18.5 Å². The van der Waals surface area contributed by atoms with Crippen LogP contribution in [0.5, 0.6) is 5.75 Å². The monoisotopic (exact) mass is 346 g/mol. The number of benzene rings is 1. The van der Waals surface area contributed by atoms with E-state index in [9.17, 15) is 0 Å². The fourth-order valence-corrected chi connectivity index (χ4v) is 4.50. The predicted octanol–water partition coefficient (Wildman–Crippen LogP) is 6.72. The molecule has 3 unspecified atom stereocenters. The quantitative estimate of drug-likeness (QED) is 0.486. The molecule has 0 spiro atoms. The van der Waals surface area contributed by atoms with Crippen LogP contribution in [0.2, 0.25) is 0 Å². The Balaban J connectivity index is 2.28. The van der Waals surface area contributed by atoms with Gasteiger partial charge in [-0.05, 0) is 74.0 Å². The summed E-state index contributed by atoms with van der Waals surface area (Å²) in [4.78, 5) is 0. The molecule has 0 saturated carbocycles. The van der Waals surface area contributed by atoms with Gasteiger partial charge in [0, 0.05) is 6.61 Å². The molecule has 1 aliphatic rings. The predicted molar refractivity (Wildman–Crippen MR) is 106 cm³/mol. The van der Waals surface area contributed by atoms with Gasteiger partial charge in [0.15, 0.2) is 6.29 Å². The molecule has 2 rings (SSSR count). The molecular formula is C23H38O2. The molecule has 3 atom stereocenters. The molecule has 2 nitrogen and oxygen atoms in total. The minimum absolute atomic E-state index is 0.183. The summed E-state index contributed by atoms with van der Waals surface area (Å²) in [6.07, 6.45) is 7.42. The number of rotatable bonds is 8. The van der Waals surface area contributed by atoms with Crippen LogP contribution in [-0.4, -0.2) is 12.9 Å². The number of hydrogen-bond donors (Lipinski definition) is 0. The Morgan fingerprint density at radius 3 is 2.60 bits per heavy atom. The van der Waals surface area contributed by atoms with Crippen LogP contribution >= 0.6 is 0 Å². The van der Waals surface area contributed by atoms with Gasteiger partial charge in [0.1, 0.15) is 5.75 Å². The van der Waals surface area contributed by atoms with Crippen molar-refractivity contribution in [2.24, 2.45) is 11.3 Å². The summed E-state index contributed by atoms with van der Waals surface area (Å²) in [5, 5.41) is 0. The summed E-state index contributed by atoms with van der Waals surface area (Å²) in [5.74, 6) is 2.48. The lowest BCUT2D eigenvalue weighted by molar-refractivity contribution is -0.0619. The highest BCUT2D eigenvalue weighted by Gasteiger charge is 2.31. The highest BCUT2D eigenvalue weighted by molar-refractivity contribution is 5.44. The molecule has 0 aromatic heterocycles. The van der Waals surface area contributed by atoms with Crippen molar-refractivity contribution in [2.45, 2.75) is 92.3 Å². The van der Waals surface area contributed by atoms with Crippen LogP contribution in [0.15, 0.2) is 18.2 Å². The third kappa shape index (κ3) is 5.74. The second-order valence-electron chi connectivity index (χ2n) is 8.78. The molecule has 1 aliphatic carbocycles. The van der Waals surface area contributed by atoms with Gasteiger partial charge in [-0.15, -0.1) is 0 Å². The number of hydrogen-bond acceptors (Lipinski definition) is 2. The highest BCUT2D eigenvalue weighted by atomic mass is 16.7. The molecule has 0 radical (unpaired) electrons. The Hall–Kier alpha value is -1.02. The molecule has 0 heterocycles. The van der Waals surface area contributed by atoms with Crippen LogP contribution < -0.4 is 4.74 Å². The van der Waals surface area contributed by atoms with Crippen LogP contribution in [0.25, 0.3) is 0 Å². The fourth-order valence-electron chi connectivity index (χ4n) is 4.50. The summed E-state index contributed by atoms with van der Waals surface area (Å²) in [7, 11) is 0. The minimum Gasteiger partial charge on any atom is -0.465 e. The van der Waals surface area contributed by atoms with Gasteiger partial charge in [0.05, 0.1) is 0 Å². The van der Waals surface area contributed by atoms with E-state index >= 15 is 0 Å². The van der Waals surface area contributed by atoms with Crippen molar-refractivity contribution in [1.82, 2.24) is 0 Å². The van der Waals surface area contributed by atoms with Crippen molar-refractivity contribution in [3.05, 3.63) is 29.3 Å². The molecular weight excluding hydrogens is 308 g/mol. The summed E-state index contributed by atoms with van der Waals surface area (Å²) in [6.45, 7) is 14.1. The van der Waals surface area contributed by atoms with Crippen molar-refractivity contribution in [3.63, 3.8) is 0 Å².